The molecule has 0 bridgehead atoms. The lowest BCUT2D eigenvalue weighted by Gasteiger charge is -2.40. The second-order valence-corrected chi connectivity index (χ2v) is 7.40. The minimum atomic E-state index is -0.753. The quantitative estimate of drug-likeness (QED) is 0.739. The molecule has 0 aliphatic carbocycles. The number of hydrogen-bond donors (Lipinski definition) is 1. The van der Waals surface area contributed by atoms with Crippen LogP contribution in [0.2, 0.25) is 0 Å². The van der Waals surface area contributed by atoms with Gasteiger partial charge in [0.2, 0.25) is 11.8 Å². The second-order valence-electron chi connectivity index (χ2n) is 6.37. The Labute approximate surface area is 156 Å². The van der Waals surface area contributed by atoms with E-state index in [4.69, 9.17) is 4.74 Å². The summed E-state index contributed by atoms with van der Waals surface area (Å²) in [5.41, 5.74) is -0.753. The average molecular weight is 376 g/mol. The van der Waals surface area contributed by atoms with Crippen molar-refractivity contribution < 1.29 is 14.3 Å². The molecule has 1 N–H and O–H groups in total. The molecule has 0 atom stereocenters. The van der Waals surface area contributed by atoms with Crippen LogP contribution in [0, 0.1) is 0 Å². The Morgan fingerprint density at radius 3 is 2.77 bits per heavy atom. The van der Waals surface area contributed by atoms with E-state index >= 15 is 0 Å². The summed E-state index contributed by atoms with van der Waals surface area (Å²) >= 11 is 1.59. The third-order valence-corrected chi connectivity index (χ3v) is 5.68. The van der Waals surface area contributed by atoms with E-state index in [9.17, 15) is 9.59 Å². The van der Waals surface area contributed by atoms with Crippen molar-refractivity contribution in [2.45, 2.75) is 24.8 Å². The van der Waals surface area contributed by atoms with Crippen LogP contribution in [0.4, 0.5) is 0 Å². The molecule has 1 aliphatic rings. The van der Waals surface area contributed by atoms with Gasteiger partial charge < -0.3 is 15.0 Å². The summed E-state index contributed by atoms with van der Waals surface area (Å²) in [6, 6.07) is 5.75. The van der Waals surface area contributed by atoms with Gasteiger partial charge in [-0.1, -0.05) is 6.07 Å². The van der Waals surface area contributed by atoms with E-state index in [1.54, 1.807) is 29.3 Å². The van der Waals surface area contributed by atoms with E-state index in [2.05, 4.69) is 10.4 Å². The maximum Gasteiger partial charge on any atom is 0.248 e. The Kier molecular flexibility index (Phi) is 6.05. The zero-order valence-electron chi connectivity index (χ0n) is 14.9. The topological polar surface area (TPSA) is 76.5 Å². The molecule has 3 heterocycles. The Bertz CT molecular complexity index is 707. The van der Waals surface area contributed by atoms with Gasteiger partial charge in [-0.2, -0.15) is 5.10 Å². The molecule has 3 rings (SSSR count). The molecule has 1 saturated heterocycles. The van der Waals surface area contributed by atoms with Crippen LogP contribution in [0.3, 0.4) is 0 Å². The first-order chi connectivity index (χ1) is 12.7. The van der Waals surface area contributed by atoms with Gasteiger partial charge in [-0.15, -0.1) is 11.3 Å². The van der Waals surface area contributed by atoms with Gasteiger partial charge in [-0.25, -0.2) is 0 Å². The molecule has 0 saturated carbocycles. The van der Waals surface area contributed by atoms with Gasteiger partial charge in [-0.05, 0) is 30.4 Å². The molecule has 0 unspecified atom stereocenters. The predicted molar refractivity (Wildman–Crippen MR) is 98.9 cm³/mol. The molecule has 2 aromatic heterocycles. The van der Waals surface area contributed by atoms with Gasteiger partial charge in [0.15, 0.2) is 0 Å². The second kappa shape index (κ2) is 8.46. The molecule has 1 fully saturated rings. The number of thiophene rings is 1. The Morgan fingerprint density at radius 2 is 2.15 bits per heavy atom. The van der Waals surface area contributed by atoms with Crippen LogP contribution in [0.25, 0.3) is 0 Å². The minimum absolute atomic E-state index is 0.0661. The first-order valence-corrected chi connectivity index (χ1v) is 9.61. The fourth-order valence-corrected chi connectivity index (χ4v) is 4.01. The first kappa shape index (κ1) is 18.6. The SMILES string of the molecule is COCCNC(=O)C1(n2cccn2)CCN(C(=O)Cc2cccs2)CC1. The zero-order valence-corrected chi connectivity index (χ0v) is 15.7. The fraction of sp³-hybridized carbons (Fsp3) is 0.500. The van der Waals surface area contributed by atoms with Gasteiger partial charge >= 0.3 is 0 Å². The van der Waals surface area contributed by atoms with Gasteiger partial charge in [0, 0.05) is 44.0 Å². The van der Waals surface area contributed by atoms with E-state index in [0.29, 0.717) is 45.5 Å². The van der Waals surface area contributed by atoms with E-state index in [0.717, 1.165) is 4.88 Å². The molecule has 1 aliphatic heterocycles. The van der Waals surface area contributed by atoms with Crippen molar-refractivity contribution in [3.63, 3.8) is 0 Å². The molecule has 0 spiro atoms. The molecular weight excluding hydrogens is 352 g/mol. The van der Waals surface area contributed by atoms with E-state index < -0.39 is 5.54 Å². The van der Waals surface area contributed by atoms with E-state index in [1.165, 1.54) is 0 Å². The van der Waals surface area contributed by atoms with Crippen LogP contribution in [0.15, 0.2) is 36.0 Å². The van der Waals surface area contributed by atoms with Gasteiger partial charge in [0.1, 0.15) is 5.54 Å². The molecule has 26 heavy (non-hydrogen) atoms. The minimum Gasteiger partial charge on any atom is -0.383 e. The monoisotopic (exact) mass is 376 g/mol. The third kappa shape index (κ3) is 3.96. The fourth-order valence-electron chi connectivity index (χ4n) is 3.31. The van der Waals surface area contributed by atoms with Crippen LogP contribution in [0.1, 0.15) is 17.7 Å². The molecule has 0 radical (unpaired) electrons. The summed E-state index contributed by atoms with van der Waals surface area (Å²) in [4.78, 5) is 28.4. The number of nitrogens with zero attached hydrogens (tertiary/aromatic N) is 3. The molecule has 7 nitrogen and oxygen atoms in total. The molecular formula is C18H24N4O3S. The number of aromatic nitrogens is 2. The van der Waals surface area contributed by atoms with Crippen LogP contribution < -0.4 is 5.32 Å². The predicted octanol–water partition coefficient (Wildman–Crippen LogP) is 1.27. The van der Waals surface area contributed by atoms with Crippen molar-refractivity contribution in [1.29, 1.82) is 0 Å². The molecule has 140 valence electrons. The third-order valence-electron chi connectivity index (χ3n) is 4.81. The number of methoxy groups -OCH3 is 1. The lowest BCUT2D eigenvalue weighted by Crippen LogP contribution is -2.56. The summed E-state index contributed by atoms with van der Waals surface area (Å²) < 4.78 is 6.74. The summed E-state index contributed by atoms with van der Waals surface area (Å²) in [5.74, 6) is 0.0462. The summed E-state index contributed by atoms with van der Waals surface area (Å²) in [7, 11) is 1.60. The normalized spacial score (nSPS) is 16.4. The van der Waals surface area contributed by atoms with E-state index in [1.807, 2.05) is 34.7 Å². The lowest BCUT2D eigenvalue weighted by atomic mass is 9.86. The number of rotatable bonds is 7. The standard InChI is InChI=1S/C18H24N4O3S/c1-25-12-8-19-17(24)18(22-9-3-7-20-22)5-10-21(11-6-18)16(23)14-15-4-2-13-26-15/h2-4,7,9,13H,5-6,8,10-12,14H2,1H3,(H,19,24). The highest BCUT2D eigenvalue weighted by Crippen LogP contribution is 2.30. The molecule has 2 amide bonds. The highest BCUT2D eigenvalue weighted by Gasteiger charge is 2.44. The van der Waals surface area contributed by atoms with Crippen LogP contribution >= 0.6 is 11.3 Å². The number of ether oxygens (including phenoxy) is 1. The Morgan fingerprint density at radius 1 is 1.35 bits per heavy atom. The zero-order chi connectivity index (χ0) is 18.4. The first-order valence-electron chi connectivity index (χ1n) is 8.73. The number of nitrogens with one attached hydrogen (secondary N) is 1. The molecule has 8 heteroatoms. The largest absolute Gasteiger partial charge is 0.383 e. The maximum absolute atomic E-state index is 12.9. The number of carbonyl (C=O) groups excluding carboxylic acids is 2. The smallest absolute Gasteiger partial charge is 0.248 e. The summed E-state index contributed by atoms with van der Waals surface area (Å²) in [6.45, 7) is 2.01. The van der Waals surface area contributed by atoms with Gasteiger partial charge in [0.05, 0.1) is 13.0 Å². The van der Waals surface area contributed by atoms with Gasteiger partial charge in [-0.3, -0.25) is 14.3 Å². The number of amides is 2. The number of carbonyl (C=O) groups is 2. The van der Waals surface area contributed by atoms with Crippen LogP contribution in [-0.4, -0.2) is 59.8 Å². The molecule has 2 aromatic rings. The number of hydrogen-bond acceptors (Lipinski definition) is 5. The lowest BCUT2D eigenvalue weighted by molar-refractivity contribution is -0.139. The number of piperidine rings is 1. The van der Waals surface area contributed by atoms with Crippen molar-refractivity contribution in [1.82, 2.24) is 20.0 Å². The highest BCUT2D eigenvalue weighted by atomic mass is 32.1. The van der Waals surface area contributed by atoms with Crippen molar-refractivity contribution in [3.8, 4) is 0 Å². The van der Waals surface area contributed by atoms with Crippen molar-refractivity contribution >= 4 is 23.2 Å². The van der Waals surface area contributed by atoms with Crippen molar-refractivity contribution in [2.24, 2.45) is 0 Å². The number of likely N-dealkylation sites (tertiary alicyclic amines) is 1. The average Bonchev–Trinajstić information content (AvgIpc) is 3.36. The van der Waals surface area contributed by atoms with Crippen molar-refractivity contribution in [3.05, 3.63) is 40.8 Å². The summed E-state index contributed by atoms with van der Waals surface area (Å²) in [5, 5.41) is 9.23. The van der Waals surface area contributed by atoms with E-state index in [-0.39, 0.29) is 11.8 Å². The highest BCUT2D eigenvalue weighted by molar-refractivity contribution is 7.10. The maximum atomic E-state index is 12.9. The summed E-state index contributed by atoms with van der Waals surface area (Å²) in [6.07, 6.45) is 5.01. The van der Waals surface area contributed by atoms with Crippen molar-refractivity contribution in [2.75, 3.05) is 33.4 Å². The van der Waals surface area contributed by atoms with Gasteiger partial charge in [0.25, 0.3) is 0 Å². The van der Waals surface area contributed by atoms with Crippen LogP contribution in [-0.2, 0) is 26.3 Å². The van der Waals surface area contributed by atoms with Crippen LogP contribution in [0.5, 0.6) is 0 Å². The Hall–Kier alpha value is -2.19. The molecule has 0 aromatic carbocycles. The Balaban J connectivity index is 1.67.